The number of hydrogen-bond donors (Lipinski definition) is 1. The molecule has 3 rings (SSSR count). The molecule has 0 atom stereocenters. The smallest absolute Gasteiger partial charge is 0.330 e. The molecule has 0 aliphatic heterocycles. The highest BCUT2D eigenvalue weighted by molar-refractivity contribution is 6.47. The van der Waals surface area contributed by atoms with Crippen molar-refractivity contribution in [1.82, 2.24) is 4.98 Å². The first-order valence-electron chi connectivity index (χ1n) is 8.08. The lowest BCUT2D eigenvalue weighted by Crippen LogP contribution is -2.49. The number of nitrogens with zero attached hydrogens (tertiary/aromatic N) is 1. The molecule has 1 heterocycles. The van der Waals surface area contributed by atoms with Crippen LogP contribution < -0.4 is 5.46 Å². The molecule has 3 nitrogen and oxygen atoms in total. The molecule has 2 aromatic rings. The van der Waals surface area contributed by atoms with Crippen LogP contribution >= 0.6 is 0 Å². The van der Waals surface area contributed by atoms with E-state index in [1.807, 2.05) is 32.2 Å². The molecule has 1 N–H and O–H groups in total. The number of hydrogen-bond acceptors (Lipinski definition) is 3. The molecule has 0 fully saturated rings. The first-order chi connectivity index (χ1) is 10.8. The molecule has 0 saturated heterocycles. The van der Waals surface area contributed by atoms with Gasteiger partial charge < -0.3 is 9.76 Å². The van der Waals surface area contributed by atoms with Gasteiger partial charge in [0.05, 0.1) is 16.9 Å². The average Bonchev–Trinajstić information content (AvgIpc) is 2.51. The van der Waals surface area contributed by atoms with Gasteiger partial charge in [0.15, 0.2) is 0 Å². The van der Waals surface area contributed by atoms with E-state index in [0.29, 0.717) is 0 Å². The zero-order valence-corrected chi connectivity index (χ0v) is 14.3. The predicted molar refractivity (Wildman–Crippen MR) is 93.9 cm³/mol. The maximum Gasteiger partial charge on any atom is 0.330 e. The van der Waals surface area contributed by atoms with Gasteiger partial charge in [0.1, 0.15) is 0 Å². The zero-order chi connectivity index (χ0) is 16.7. The quantitative estimate of drug-likeness (QED) is 0.883. The molecule has 0 unspecified atom stereocenters. The lowest BCUT2D eigenvalue weighted by Gasteiger charge is -2.37. The summed E-state index contributed by atoms with van der Waals surface area (Å²) < 4.78 is 5.85. The van der Waals surface area contributed by atoms with Crippen molar-refractivity contribution in [3.63, 3.8) is 0 Å². The van der Waals surface area contributed by atoms with Crippen molar-refractivity contribution in [1.29, 1.82) is 0 Å². The number of rotatable bonds is 4. The predicted octanol–water partition coefficient (Wildman–Crippen LogP) is 2.66. The van der Waals surface area contributed by atoms with Crippen molar-refractivity contribution in [3.8, 4) is 11.3 Å². The number of aryl methyl sites for hydroxylation is 2. The topological polar surface area (TPSA) is 42.4 Å². The van der Waals surface area contributed by atoms with E-state index in [1.165, 1.54) is 16.7 Å². The van der Waals surface area contributed by atoms with Crippen LogP contribution in [0.1, 0.15) is 38.8 Å². The Kier molecular flexibility index (Phi) is 4.07. The van der Waals surface area contributed by atoms with E-state index in [4.69, 9.17) is 4.65 Å². The number of benzene rings is 1. The van der Waals surface area contributed by atoms with E-state index in [1.54, 1.807) is 21.3 Å². The normalized spacial score (nSPS) is 14.1. The van der Waals surface area contributed by atoms with Crippen molar-refractivity contribution in [3.05, 3.63) is 47.7 Å². The molecule has 23 heavy (non-hydrogen) atoms. The maximum absolute atomic E-state index is 10.2. The van der Waals surface area contributed by atoms with Gasteiger partial charge in [-0.3, -0.25) is 4.98 Å². The highest BCUT2D eigenvalue weighted by atomic mass is 16.5. The number of aliphatic hydroxyl groups is 1. The molecular weight excluding hydrogens is 285 g/mol. The molecule has 4 heteroatoms. The summed E-state index contributed by atoms with van der Waals surface area (Å²) in [4.78, 5) is 4.53. The fraction of sp³-hybridized carbons (Fsp3) is 0.421. The van der Waals surface area contributed by atoms with Gasteiger partial charge in [0, 0.05) is 11.8 Å². The van der Waals surface area contributed by atoms with Crippen molar-refractivity contribution in [2.24, 2.45) is 0 Å². The summed E-state index contributed by atoms with van der Waals surface area (Å²) in [7, 11) is 1.74. The molecule has 1 aromatic heterocycles. The summed E-state index contributed by atoms with van der Waals surface area (Å²) in [6.07, 6.45) is 3.89. The third-order valence-corrected chi connectivity index (χ3v) is 4.90. The molecule has 1 aliphatic rings. The van der Waals surface area contributed by atoms with Gasteiger partial charge >= 0.3 is 7.48 Å². The van der Waals surface area contributed by atoms with Crippen LogP contribution in [-0.4, -0.2) is 28.8 Å². The summed E-state index contributed by atoms with van der Waals surface area (Å²) in [5, 5.41) is 10.2. The summed E-state index contributed by atoms with van der Waals surface area (Å²) in [5.41, 5.74) is 4.37. The average molecular weight is 308 g/mol. The molecule has 1 aromatic carbocycles. The van der Waals surface area contributed by atoms with E-state index in [-0.39, 0.29) is 0 Å². The number of aromatic nitrogens is 1. The van der Waals surface area contributed by atoms with Gasteiger partial charge in [-0.25, -0.2) is 0 Å². The Morgan fingerprint density at radius 2 is 1.83 bits per heavy atom. The van der Waals surface area contributed by atoms with Crippen molar-refractivity contribution >= 4 is 12.9 Å². The second-order valence-electron chi connectivity index (χ2n) is 7.23. The Morgan fingerprint density at radius 1 is 1.09 bits per heavy atom. The van der Waals surface area contributed by atoms with Gasteiger partial charge in [0.25, 0.3) is 0 Å². The zero-order valence-electron chi connectivity index (χ0n) is 14.3. The van der Waals surface area contributed by atoms with E-state index >= 15 is 0 Å². The fourth-order valence-electron chi connectivity index (χ4n) is 2.64. The largest absolute Gasteiger partial charge is 0.427 e. The van der Waals surface area contributed by atoms with E-state index in [9.17, 15) is 5.11 Å². The highest BCUT2D eigenvalue weighted by Crippen LogP contribution is 2.31. The molecular formula is C19H23BNO2. The SMILES string of the molecule is CC(C)(O)C(C)(C)O[B]c1ccc2c(c1)CCc1cccnc1-2. The third kappa shape index (κ3) is 3.19. The summed E-state index contributed by atoms with van der Waals surface area (Å²) in [6.45, 7) is 7.30. The standard InChI is InChI=1S/C19H23BNO2/c1-18(2,22)19(3,4)23-20-15-9-10-16-14(12-15)8-7-13-6-5-11-21-17(13)16/h5-6,9-12,22H,7-8H2,1-4H3. The van der Waals surface area contributed by atoms with Crippen molar-refractivity contribution in [2.45, 2.75) is 51.7 Å². The summed E-state index contributed by atoms with van der Waals surface area (Å²) >= 11 is 0. The molecule has 119 valence electrons. The van der Waals surface area contributed by atoms with Crippen molar-refractivity contribution in [2.75, 3.05) is 0 Å². The van der Waals surface area contributed by atoms with Crippen LogP contribution in [-0.2, 0) is 17.5 Å². The number of pyridine rings is 1. The Balaban J connectivity index is 1.81. The van der Waals surface area contributed by atoms with Crippen LogP contribution in [0.25, 0.3) is 11.3 Å². The van der Waals surface area contributed by atoms with E-state index in [2.05, 4.69) is 23.2 Å². The fourth-order valence-corrected chi connectivity index (χ4v) is 2.64. The van der Waals surface area contributed by atoms with Gasteiger partial charge in [-0.15, -0.1) is 0 Å². The minimum atomic E-state index is -0.916. The summed E-state index contributed by atoms with van der Waals surface area (Å²) in [5.74, 6) is 0. The van der Waals surface area contributed by atoms with E-state index in [0.717, 1.165) is 24.0 Å². The molecule has 1 aliphatic carbocycles. The van der Waals surface area contributed by atoms with Crippen LogP contribution in [0, 0.1) is 0 Å². The second kappa shape index (κ2) is 5.77. The monoisotopic (exact) mass is 308 g/mol. The van der Waals surface area contributed by atoms with Crippen LogP contribution in [0.3, 0.4) is 0 Å². The molecule has 0 bridgehead atoms. The van der Waals surface area contributed by atoms with Crippen molar-refractivity contribution < 1.29 is 9.76 Å². The molecule has 0 spiro atoms. The number of fused-ring (bicyclic) bond motifs is 3. The minimum absolute atomic E-state index is 0.656. The van der Waals surface area contributed by atoms with Crippen LogP contribution in [0.5, 0.6) is 0 Å². The van der Waals surface area contributed by atoms with Crippen LogP contribution in [0.15, 0.2) is 36.5 Å². The van der Waals surface area contributed by atoms with Crippen LogP contribution in [0.2, 0.25) is 0 Å². The van der Waals surface area contributed by atoms with Gasteiger partial charge in [-0.1, -0.05) is 29.7 Å². The van der Waals surface area contributed by atoms with Gasteiger partial charge in [-0.05, 0) is 57.7 Å². The maximum atomic E-state index is 10.2. The Hall–Kier alpha value is -1.65. The van der Waals surface area contributed by atoms with Gasteiger partial charge in [-0.2, -0.15) is 0 Å². The molecule has 0 saturated carbocycles. The lowest BCUT2D eigenvalue weighted by molar-refractivity contribution is -0.0893. The summed E-state index contributed by atoms with van der Waals surface area (Å²) in [6, 6.07) is 10.5. The Labute approximate surface area is 139 Å². The highest BCUT2D eigenvalue weighted by Gasteiger charge is 2.35. The Morgan fingerprint density at radius 3 is 2.57 bits per heavy atom. The van der Waals surface area contributed by atoms with Gasteiger partial charge in [0.2, 0.25) is 0 Å². The second-order valence-corrected chi connectivity index (χ2v) is 7.23. The molecule has 1 radical (unpaired) electrons. The Bertz CT molecular complexity index is 720. The third-order valence-electron chi connectivity index (χ3n) is 4.90. The van der Waals surface area contributed by atoms with Crippen LogP contribution in [0.4, 0.5) is 0 Å². The lowest BCUT2D eigenvalue weighted by atomic mass is 9.79. The molecule has 0 amide bonds. The first-order valence-corrected chi connectivity index (χ1v) is 8.08. The first kappa shape index (κ1) is 16.2. The minimum Gasteiger partial charge on any atom is -0.427 e. The van der Waals surface area contributed by atoms with E-state index < -0.39 is 11.2 Å².